The van der Waals surface area contributed by atoms with E-state index in [2.05, 4.69) is 16.5 Å². The Labute approximate surface area is 95.4 Å². The summed E-state index contributed by atoms with van der Waals surface area (Å²) in [7, 11) is 0. The van der Waals surface area contributed by atoms with Crippen molar-refractivity contribution in [2.75, 3.05) is 0 Å². The summed E-state index contributed by atoms with van der Waals surface area (Å²) < 4.78 is 2.17. The zero-order valence-electron chi connectivity index (χ0n) is 9.64. The minimum atomic E-state index is 0.0991. The van der Waals surface area contributed by atoms with E-state index >= 15 is 0 Å². The molecule has 0 radical (unpaired) electrons. The molecule has 0 aromatic carbocycles. The SMILES string of the molecule is Cc1cc(CO)c(C)n1Cc1ccccn1. The Morgan fingerprint density at radius 2 is 2.12 bits per heavy atom. The third-order valence-corrected chi connectivity index (χ3v) is 2.90. The van der Waals surface area contributed by atoms with Gasteiger partial charge in [0.05, 0.1) is 18.8 Å². The molecule has 0 fully saturated rings. The fourth-order valence-electron chi connectivity index (χ4n) is 1.93. The summed E-state index contributed by atoms with van der Waals surface area (Å²) in [5.41, 5.74) is 4.31. The average Bonchev–Trinajstić information content (AvgIpc) is 2.58. The topological polar surface area (TPSA) is 38.0 Å². The van der Waals surface area contributed by atoms with Gasteiger partial charge in [-0.15, -0.1) is 0 Å². The summed E-state index contributed by atoms with van der Waals surface area (Å²) in [6.45, 7) is 4.94. The highest BCUT2D eigenvalue weighted by molar-refractivity contribution is 5.27. The van der Waals surface area contributed by atoms with Crippen molar-refractivity contribution in [1.82, 2.24) is 9.55 Å². The number of aliphatic hydroxyl groups excluding tert-OH is 1. The Balaban J connectivity index is 2.31. The molecule has 0 spiro atoms. The van der Waals surface area contributed by atoms with Gasteiger partial charge in [-0.05, 0) is 37.6 Å². The number of pyridine rings is 1. The quantitative estimate of drug-likeness (QED) is 0.852. The van der Waals surface area contributed by atoms with Crippen LogP contribution in [0.1, 0.15) is 22.6 Å². The highest BCUT2D eigenvalue weighted by Crippen LogP contribution is 2.16. The lowest BCUT2D eigenvalue weighted by Crippen LogP contribution is -2.05. The van der Waals surface area contributed by atoms with Gasteiger partial charge in [0.2, 0.25) is 0 Å². The maximum Gasteiger partial charge on any atom is 0.0699 e. The average molecular weight is 216 g/mol. The van der Waals surface area contributed by atoms with E-state index in [0.717, 1.165) is 29.2 Å². The first-order valence-electron chi connectivity index (χ1n) is 5.38. The van der Waals surface area contributed by atoms with Crippen molar-refractivity contribution in [1.29, 1.82) is 0 Å². The number of aromatic nitrogens is 2. The van der Waals surface area contributed by atoms with E-state index in [1.54, 1.807) is 6.20 Å². The predicted octanol–water partition coefficient (Wildman–Crippen LogP) is 2.04. The Kier molecular flexibility index (Phi) is 3.06. The summed E-state index contributed by atoms with van der Waals surface area (Å²) in [5.74, 6) is 0. The lowest BCUT2D eigenvalue weighted by atomic mass is 10.2. The largest absolute Gasteiger partial charge is 0.392 e. The molecule has 0 saturated carbocycles. The van der Waals surface area contributed by atoms with Crippen molar-refractivity contribution in [2.24, 2.45) is 0 Å². The maximum absolute atomic E-state index is 9.19. The van der Waals surface area contributed by atoms with Crippen molar-refractivity contribution >= 4 is 0 Å². The van der Waals surface area contributed by atoms with Crippen LogP contribution >= 0.6 is 0 Å². The van der Waals surface area contributed by atoms with E-state index in [-0.39, 0.29) is 6.61 Å². The summed E-state index contributed by atoms with van der Waals surface area (Å²) >= 11 is 0. The molecule has 0 saturated heterocycles. The van der Waals surface area contributed by atoms with Crippen LogP contribution in [0.2, 0.25) is 0 Å². The maximum atomic E-state index is 9.19. The zero-order chi connectivity index (χ0) is 11.5. The van der Waals surface area contributed by atoms with Gasteiger partial charge in [-0.3, -0.25) is 4.98 Å². The molecule has 84 valence electrons. The first kappa shape index (κ1) is 10.9. The smallest absolute Gasteiger partial charge is 0.0699 e. The van der Waals surface area contributed by atoms with Crippen molar-refractivity contribution in [3.8, 4) is 0 Å². The molecule has 0 aliphatic rings. The number of aliphatic hydroxyl groups is 1. The van der Waals surface area contributed by atoms with E-state index < -0.39 is 0 Å². The molecule has 2 aromatic heterocycles. The first-order chi connectivity index (χ1) is 7.72. The molecule has 1 N–H and O–H groups in total. The van der Waals surface area contributed by atoms with Crippen LogP contribution in [-0.2, 0) is 13.2 Å². The number of rotatable bonds is 3. The fraction of sp³-hybridized carbons (Fsp3) is 0.308. The molecular formula is C13H16N2O. The van der Waals surface area contributed by atoms with Crippen LogP contribution in [0, 0.1) is 13.8 Å². The summed E-state index contributed by atoms with van der Waals surface area (Å²) in [4.78, 5) is 4.31. The van der Waals surface area contributed by atoms with Gasteiger partial charge in [0.1, 0.15) is 0 Å². The van der Waals surface area contributed by atoms with E-state index in [9.17, 15) is 5.11 Å². The van der Waals surface area contributed by atoms with E-state index in [0.29, 0.717) is 0 Å². The second kappa shape index (κ2) is 4.49. The molecule has 16 heavy (non-hydrogen) atoms. The van der Waals surface area contributed by atoms with Gasteiger partial charge in [0, 0.05) is 17.6 Å². The van der Waals surface area contributed by atoms with Crippen LogP contribution in [0.4, 0.5) is 0 Å². The van der Waals surface area contributed by atoms with Crippen molar-refractivity contribution in [3.05, 3.63) is 53.1 Å². The lowest BCUT2D eigenvalue weighted by molar-refractivity contribution is 0.281. The Hall–Kier alpha value is -1.61. The van der Waals surface area contributed by atoms with Crippen LogP contribution in [0.5, 0.6) is 0 Å². The zero-order valence-corrected chi connectivity index (χ0v) is 9.64. The van der Waals surface area contributed by atoms with Crippen LogP contribution in [0.25, 0.3) is 0 Å². The van der Waals surface area contributed by atoms with E-state index in [1.165, 1.54) is 0 Å². The molecule has 2 aromatic rings. The molecule has 0 unspecified atom stereocenters. The lowest BCUT2D eigenvalue weighted by Gasteiger charge is -2.08. The molecular weight excluding hydrogens is 200 g/mol. The van der Waals surface area contributed by atoms with Crippen LogP contribution in [-0.4, -0.2) is 14.7 Å². The normalized spacial score (nSPS) is 10.7. The molecule has 3 nitrogen and oxygen atoms in total. The standard InChI is InChI=1S/C13H16N2O/c1-10-7-12(9-16)11(2)15(10)8-13-5-3-4-6-14-13/h3-7,16H,8-9H2,1-2H3. The number of aryl methyl sites for hydroxylation is 1. The van der Waals surface area contributed by atoms with Gasteiger partial charge in [-0.25, -0.2) is 0 Å². The molecule has 2 heterocycles. The Bertz CT molecular complexity index is 474. The third kappa shape index (κ3) is 1.99. The fourth-order valence-corrected chi connectivity index (χ4v) is 1.93. The van der Waals surface area contributed by atoms with Crippen molar-refractivity contribution < 1.29 is 5.11 Å². The predicted molar refractivity (Wildman–Crippen MR) is 63.2 cm³/mol. The minimum Gasteiger partial charge on any atom is -0.392 e. The number of hydrogen-bond acceptors (Lipinski definition) is 2. The third-order valence-electron chi connectivity index (χ3n) is 2.90. The second-order valence-corrected chi connectivity index (χ2v) is 3.96. The van der Waals surface area contributed by atoms with Crippen LogP contribution < -0.4 is 0 Å². The Morgan fingerprint density at radius 3 is 2.69 bits per heavy atom. The van der Waals surface area contributed by atoms with Crippen molar-refractivity contribution in [3.63, 3.8) is 0 Å². The van der Waals surface area contributed by atoms with Gasteiger partial charge < -0.3 is 9.67 Å². The highest BCUT2D eigenvalue weighted by atomic mass is 16.3. The van der Waals surface area contributed by atoms with Gasteiger partial charge >= 0.3 is 0 Å². The number of nitrogens with zero attached hydrogens (tertiary/aromatic N) is 2. The summed E-state index contributed by atoms with van der Waals surface area (Å²) in [5, 5.41) is 9.19. The van der Waals surface area contributed by atoms with Gasteiger partial charge in [-0.2, -0.15) is 0 Å². The highest BCUT2D eigenvalue weighted by Gasteiger charge is 2.08. The van der Waals surface area contributed by atoms with Crippen LogP contribution in [0.3, 0.4) is 0 Å². The Morgan fingerprint density at radius 1 is 1.31 bits per heavy atom. The van der Waals surface area contributed by atoms with E-state index in [1.807, 2.05) is 31.2 Å². The molecule has 0 aliphatic heterocycles. The molecule has 0 atom stereocenters. The molecule has 0 aliphatic carbocycles. The number of hydrogen-bond donors (Lipinski definition) is 1. The summed E-state index contributed by atoms with van der Waals surface area (Å²) in [6, 6.07) is 7.94. The molecule has 0 bridgehead atoms. The molecule has 3 heteroatoms. The van der Waals surface area contributed by atoms with Crippen molar-refractivity contribution in [2.45, 2.75) is 27.0 Å². The molecule has 0 amide bonds. The van der Waals surface area contributed by atoms with Crippen LogP contribution in [0.15, 0.2) is 30.5 Å². The molecule has 2 rings (SSSR count). The minimum absolute atomic E-state index is 0.0991. The first-order valence-corrected chi connectivity index (χ1v) is 5.38. The van der Waals surface area contributed by atoms with E-state index in [4.69, 9.17) is 0 Å². The van der Waals surface area contributed by atoms with Gasteiger partial charge in [0.15, 0.2) is 0 Å². The van der Waals surface area contributed by atoms with Gasteiger partial charge in [0.25, 0.3) is 0 Å². The summed E-state index contributed by atoms with van der Waals surface area (Å²) in [6.07, 6.45) is 1.80. The van der Waals surface area contributed by atoms with Gasteiger partial charge in [-0.1, -0.05) is 6.07 Å². The monoisotopic (exact) mass is 216 g/mol. The second-order valence-electron chi connectivity index (χ2n) is 3.96.